The molecule has 1 saturated heterocycles. The monoisotopic (exact) mass is 573 g/mol. The second-order valence-electron chi connectivity index (χ2n) is 10.9. The third kappa shape index (κ3) is 6.87. The lowest BCUT2D eigenvalue weighted by molar-refractivity contribution is -0.384. The number of para-hydroxylation sites is 1. The number of amides is 2. The van der Waals surface area contributed by atoms with Gasteiger partial charge in [-0.15, -0.1) is 11.3 Å². The van der Waals surface area contributed by atoms with Crippen LogP contribution in [0.1, 0.15) is 36.7 Å². The van der Waals surface area contributed by atoms with Crippen LogP contribution in [0.4, 0.5) is 16.2 Å². The second kappa shape index (κ2) is 11.6. The molecule has 1 N–H and O–H groups in total. The smallest absolute Gasteiger partial charge is 0.410 e. The molecule has 0 unspecified atom stereocenters. The normalized spacial score (nSPS) is 14.2. The Balaban J connectivity index is 1.28. The van der Waals surface area contributed by atoms with Gasteiger partial charge in [0, 0.05) is 56.0 Å². The van der Waals surface area contributed by atoms with Crippen molar-refractivity contribution < 1.29 is 19.2 Å². The Morgan fingerprint density at radius 1 is 1.02 bits per heavy atom. The standard InChI is InChI=1S/C30H31N5O5S/c1-30(2,3)40-29(37)34-15-13-33(14-16-34)19-20-11-12-25-26(17-20)41-28(32-25)23-9-4-5-10-24(23)31-27(36)21-7-6-8-22(18-21)35(38)39/h4-12,17-18H,13-16,19H2,1-3H3,(H,31,36). The van der Waals surface area contributed by atoms with E-state index >= 15 is 0 Å². The Morgan fingerprint density at radius 3 is 2.51 bits per heavy atom. The van der Waals surface area contributed by atoms with E-state index in [1.54, 1.807) is 17.0 Å². The summed E-state index contributed by atoms with van der Waals surface area (Å²) in [6.45, 7) is 9.17. The van der Waals surface area contributed by atoms with Crippen molar-refractivity contribution in [2.24, 2.45) is 0 Å². The molecule has 1 fully saturated rings. The van der Waals surface area contributed by atoms with Crippen LogP contribution in [0, 0.1) is 10.1 Å². The fourth-order valence-electron chi connectivity index (χ4n) is 4.59. The molecule has 4 aromatic rings. The van der Waals surface area contributed by atoms with E-state index in [1.807, 2.05) is 45.0 Å². The summed E-state index contributed by atoms with van der Waals surface area (Å²) in [6, 6.07) is 19.2. The predicted molar refractivity (Wildman–Crippen MR) is 159 cm³/mol. The first-order valence-corrected chi connectivity index (χ1v) is 14.1. The summed E-state index contributed by atoms with van der Waals surface area (Å²) in [5.41, 5.74) is 2.93. The van der Waals surface area contributed by atoms with E-state index in [-0.39, 0.29) is 17.3 Å². The summed E-state index contributed by atoms with van der Waals surface area (Å²) < 4.78 is 6.53. The molecule has 0 spiro atoms. The molecule has 41 heavy (non-hydrogen) atoms. The lowest BCUT2D eigenvalue weighted by Gasteiger charge is -2.35. The van der Waals surface area contributed by atoms with Gasteiger partial charge in [0.15, 0.2) is 0 Å². The summed E-state index contributed by atoms with van der Waals surface area (Å²) in [6.07, 6.45) is -0.266. The van der Waals surface area contributed by atoms with Crippen LogP contribution >= 0.6 is 11.3 Å². The molecule has 0 radical (unpaired) electrons. The summed E-state index contributed by atoms with van der Waals surface area (Å²) in [5.74, 6) is -0.434. The second-order valence-corrected chi connectivity index (χ2v) is 11.9. The molecule has 0 aliphatic carbocycles. The van der Waals surface area contributed by atoms with Crippen LogP contribution in [0.3, 0.4) is 0 Å². The van der Waals surface area contributed by atoms with Gasteiger partial charge in [-0.1, -0.05) is 24.3 Å². The van der Waals surface area contributed by atoms with Crippen LogP contribution in [-0.2, 0) is 11.3 Å². The Morgan fingerprint density at radius 2 is 1.78 bits per heavy atom. The zero-order valence-corrected chi connectivity index (χ0v) is 23.9. The number of anilines is 1. The number of nitro groups is 1. The van der Waals surface area contributed by atoms with E-state index < -0.39 is 16.4 Å². The first kappa shape index (κ1) is 28.2. The maximum Gasteiger partial charge on any atom is 0.410 e. The number of hydrogen-bond donors (Lipinski definition) is 1. The molecule has 0 bridgehead atoms. The summed E-state index contributed by atoms with van der Waals surface area (Å²) in [4.78, 5) is 44.8. The Labute approximate surface area is 241 Å². The van der Waals surface area contributed by atoms with Gasteiger partial charge in [0.25, 0.3) is 11.6 Å². The van der Waals surface area contributed by atoms with E-state index in [2.05, 4.69) is 22.3 Å². The van der Waals surface area contributed by atoms with Crippen LogP contribution in [-0.4, -0.2) is 63.5 Å². The van der Waals surface area contributed by atoms with Gasteiger partial charge in [0.2, 0.25) is 0 Å². The molecule has 5 rings (SSSR count). The van der Waals surface area contributed by atoms with E-state index in [0.29, 0.717) is 18.8 Å². The first-order chi connectivity index (χ1) is 19.6. The van der Waals surface area contributed by atoms with Crippen molar-refractivity contribution >= 4 is 44.9 Å². The minimum Gasteiger partial charge on any atom is -0.444 e. The van der Waals surface area contributed by atoms with Gasteiger partial charge >= 0.3 is 6.09 Å². The van der Waals surface area contributed by atoms with Crippen molar-refractivity contribution in [1.29, 1.82) is 0 Å². The number of fused-ring (bicyclic) bond motifs is 1. The van der Waals surface area contributed by atoms with E-state index in [4.69, 9.17) is 9.72 Å². The van der Waals surface area contributed by atoms with E-state index in [0.717, 1.165) is 46.0 Å². The fourth-order valence-corrected chi connectivity index (χ4v) is 5.66. The number of ether oxygens (including phenoxy) is 1. The number of nitro benzene ring substituents is 1. The molecular weight excluding hydrogens is 542 g/mol. The molecule has 11 heteroatoms. The lowest BCUT2D eigenvalue weighted by Crippen LogP contribution is -2.49. The van der Waals surface area contributed by atoms with Gasteiger partial charge in [-0.3, -0.25) is 19.8 Å². The molecule has 2 amide bonds. The van der Waals surface area contributed by atoms with Gasteiger partial charge in [-0.2, -0.15) is 0 Å². The number of nitrogens with one attached hydrogen (secondary N) is 1. The van der Waals surface area contributed by atoms with Crippen molar-refractivity contribution in [3.8, 4) is 10.6 Å². The molecule has 3 aromatic carbocycles. The van der Waals surface area contributed by atoms with Gasteiger partial charge < -0.3 is 15.0 Å². The Kier molecular flexibility index (Phi) is 8.00. The number of carbonyl (C=O) groups excluding carboxylic acids is 2. The average molecular weight is 574 g/mol. The molecule has 212 valence electrons. The largest absolute Gasteiger partial charge is 0.444 e. The molecule has 0 atom stereocenters. The Hall–Kier alpha value is -4.35. The quantitative estimate of drug-likeness (QED) is 0.216. The minimum absolute atomic E-state index is 0.141. The number of nitrogens with zero attached hydrogens (tertiary/aromatic N) is 4. The van der Waals surface area contributed by atoms with Gasteiger partial charge in [0.1, 0.15) is 10.6 Å². The number of thiazole rings is 1. The third-order valence-corrected chi connectivity index (χ3v) is 7.66. The zero-order chi connectivity index (χ0) is 29.1. The van der Waals surface area contributed by atoms with Crippen LogP contribution < -0.4 is 5.32 Å². The number of aromatic nitrogens is 1. The van der Waals surface area contributed by atoms with Crippen molar-refractivity contribution in [2.45, 2.75) is 32.9 Å². The highest BCUT2D eigenvalue weighted by atomic mass is 32.1. The van der Waals surface area contributed by atoms with E-state index in [1.165, 1.54) is 29.5 Å². The van der Waals surface area contributed by atoms with Crippen LogP contribution in [0.2, 0.25) is 0 Å². The predicted octanol–water partition coefficient (Wildman–Crippen LogP) is 6.18. The summed E-state index contributed by atoms with van der Waals surface area (Å²) >= 11 is 1.54. The number of non-ortho nitro benzene ring substituents is 1. The maximum atomic E-state index is 12.9. The number of piperazine rings is 1. The molecular formula is C30H31N5O5S. The SMILES string of the molecule is CC(C)(C)OC(=O)N1CCN(Cc2ccc3nc(-c4ccccc4NC(=O)c4cccc([N+](=O)[O-])c4)sc3c2)CC1. The lowest BCUT2D eigenvalue weighted by atomic mass is 10.1. The number of carbonyl (C=O) groups is 2. The van der Waals surface area contributed by atoms with Crippen LogP contribution in [0.15, 0.2) is 66.7 Å². The fraction of sp³-hybridized carbons (Fsp3) is 0.300. The summed E-state index contributed by atoms with van der Waals surface area (Å²) in [7, 11) is 0. The van der Waals surface area contributed by atoms with E-state index in [9.17, 15) is 19.7 Å². The van der Waals surface area contributed by atoms with Crippen molar-refractivity contribution in [3.05, 3.63) is 88.0 Å². The zero-order valence-electron chi connectivity index (χ0n) is 23.1. The molecule has 1 aliphatic rings. The van der Waals surface area contributed by atoms with Gasteiger partial charge in [0.05, 0.1) is 20.8 Å². The van der Waals surface area contributed by atoms with Crippen molar-refractivity contribution in [2.75, 3.05) is 31.5 Å². The number of rotatable bonds is 6. The number of hydrogen-bond acceptors (Lipinski definition) is 8. The molecule has 0 saturated carbocycles. The first-order valence-electron chi connectivity index (χ1n) is 13.3. The van der Waals surface area contributed by atoms with Crippen molar-refractivity contribution in [1.82, 2.24) is 14.8 Å². The highest BCUT2D eigenvalue weighted by Gasteiger charge is 2.26. The Bertz CT molecular complexity index is 1600. The van der Waals surface area contributed by atoms with Gasteiger partial charge in [-0.25, -0.2) is 9.78 Å². The average Bonchev–Trinajstić information content (AvgIpc) is 3.36. The maximum absolute atomic E-state index is 12.9. The van der Waals surface area contributed by atoms with Crippen molar-refractivity contribution in [3.63, 3.8) is 0 Å². The van der Waals surface area contributed by atoms with Crippen LogP contribution in [0.25, 0.3) is 20.8 Å². The minimum atomic E-state index is -0.524. The van der Waals surface area contributed by atoms with Gasteiger partial charge in [-0.05, 0) is 56.7 Å². The third-order valence-electron chi connectivity index (χ3n) is 6.61. The van der Waals surface area contributed by atoms with Crippen LogP contribution in [0.5, 0.6) is 0 Å². The molecule has 10 nitrogen and oxygen atoms in total. The molecule has 2 heterocycles. The molecule has 1 aliphatic heterocycles. The highest BCUT2D eigenvalue weighted by molar-refractivity contribution is 7.21. The number of benzene rings is 3. The topological polar surface area (TPSA) is 118 Å². The summed E-state index contributed by atoms with van der Waals surface area (Å²) in [5, 5.41) is 14.8. The molecule has 1 aromatic heterocycles. The highest BCUT2D eigenvalue weighted by Crippen LogP contribution is 2.35.